The first-order valence-corrected chi connectivity index (χ1v) is 9.82. The van der Waals surface area contributed by atoms with Crippen molar-refractivity contribution in [1.29, 1.82) is 0 Å². The van der Waals surface area contributed by atoms with E-state index < -0.39 is 7.82 Å². The van der Waals surface area contributed by atoms with Crippen LogP contribution in [0.2, 0.25) is 0 Å². The summed E-state index contributed by atoms with van der Waals surface area (Å²) < 4.78 is 28.1. The second-order valence-corrected chi connectivity index (χ2v) is 7.12. The Morgan fingerprint density at radius 1 is 1.26 bits per heavy atom. The number of hydrogen-bond acceptors (Lipinski definition) is 6. The number of aromatic nitrogens is 1. The first kappa shape index (κ1) is 18.6. The van der Waals surface area contributed by atoms with E-state index in [4.69, 9.17) is 13.6 Å². The molecule has 130 valence electrons. The van der Waals surface area contributed by atoms with Crippen LogP contribution in [0, 0.1) is 0 Å². The van der Waals surface area contributed by atoms with Crippen molar-refractivity contribution >= 4 is 7.82 Å². The summed E-state index contributed by atoms with van der Waals surface area (Å²) in [6.07, 6.45) is 7.22. The third-order valence-corrected chi connectivity index (χ3v) is 5.53. The Kier molecular flexibility index (Phi) is 7.66. The normalized spacial score (nSPS) is 19.8. The molecule has 1 unspecified atom stereocenters. The van der Waals surface area contributed by atoms with Crippen molar-refractivity contribution in [3.8, 4) is 0 Å². The van der Waals surface area contributed by atoms with Crippen molar-refractivity contribution in [2.24, 2.45) is 0 Å². The van der Waals surface area contributed by atoms with Crippen LogP contribution in [-0.2, 0) is 18.1 Å². The maximum absolute atomic E-state index is 12.3. The molecule has 1 aromatic heterocycles. The van der Waals surface area contributed by atoms with Crippen LogP contribution < -0.4 is 0 Å². The molecule has 23 heavy (non-hydrogen) atoms. The van der Waals surface area contributed by atoms with Crippen molar-refractivity contribution in [3.63, 3.8) is 0 Å². The molecular formula is C16H27N2O4P. The molecule has 1 aliphatic heterocycles. The molecule has 0 aliphatic carbocycles. The van der Waals surface area contributed by atoms with Gasteiger partial charge in [-0.3, -0.25) is 23.5 Å². The third-order valence-electron chi connectivity index (χ3n) is 3.89. The van der Waals surface area contributed by atoms with Gasteiger partial charge in [0.2, 0.25) is 0 Å². The van der Waals surface area contributed by atoms with Crippen LogP contribution >= 0.6 is 7.82 Å². The standard InChI is InChI=1S/C16H27N2O4P/c1-3-20-23(19,21-4-2)22-13-12-18-11-6-5-9-16(18)15-8-7-10-17-14-15/h7-8,10,14,16H,3-6,9,11-13H2,1-2H3. The molecule has 2 rings (SSSR count). The molecule has 1 atom stereocenters. The average Bonchev–Trinajstić information content (AvgIpc) is 2.56. The van der Waals surface area contributed by atoms with E-state index in [1.165, 1.54) is 18.4 Å². The average molecular weight is 342 g/mol. The summed E-state index contributed by atoms with van der Waals surface area (Å²) in [7, 11) is -3.42. The SMILES string of the molecule is CCOP(=O)(OCC)OCCN1CCCCC1c1cccnc1. The van der Waals surface area contributed by atoms with E-state index in [9.17, 15) is 4.57 Å². The summed E-state index contributed by atoms with van der Waals surface area (Å²) in [6, 6.07) is 4.43. The summed E-state index contributed by atoms with van der Waals surface area (Å²) in [6.45, 7) is 6.20. The summed E-state index contributed by atoms with van der Waals surface area (Å²) >= 11 is 0. The molecule has 1 aromatic rings. The zero-order valence-corrected chi connectivity index (χ0v) is 14.9. The smallest absolute Gasteiger partial charge is 0.294 e. The minimum Gasteiger partial charge on any atom is -0.294 e. The quantitative estimate of drug-likeness (QED) is 0.636. The van der Waals surface area contributed by atoms with Gasteiger partial charge in [0.1, 0.15) is 0 Å². The zero-order valence-electron chi connectivity index (χ0n) is 14.0. The molecule has 0 saturated carbocycles. The van der Waals surface area contributed by atoms with Crippen LogP contribution in [0.1, 0.15) is 44.7 Å². The first-order chi connectivity index (χ1) is 11.2. The number of hydrogen-bond donors (Lipinski definition) is 0. The van der Waals surface area contributed by atoms with E-state index in [0.717, 1.165) is 13.0 Å². The topological polar surface area (TPSA) is 60.9 Å². The lowest BCUT2D eigenvalue weighted by molar-refractivity contribution is 0.0862. The Balaban J connectivity index is 1.91. The Bertz CT molecular complexity index is 490. The van der Waals surface area contributed by atoms with Crippen molar-refractivity contribution in [1.82, 2.24) is 9.88 Å². The van der Waals surface area contributed by atoms with Crippen LogP contribution in [0.5, 0.6) is 0 Å². The van der Waals surface area contributed by atoms with Crippen LogP contribution in [0.25, 0.3) is 0 Å². The molecule has 7 heteroatoms. The number of pyridine rings is 1. The molecule has 1 saturated heterocycles. The zero-order chi connectivity index (χ0) is 16.5. The predicted octanol–water partition coefficient (Wildman–Crippen LogP) is 3.81. The number of piperidine rings is 1. The van der Waals surface area contributed by atoms with Gasteiger partial charge in [-0.25, -0.2) is 4.57 Å². The highest BCUT2D eigenvalue weighted by Crippen LogP contribution is 2.49. The van der Waals surface area contributed by atoms with E-state index in [1.807, 2.05) is 12.3 Å². The number of nitrogens with zero attached hydrogens (tertiary/aromatic N) is 2. The molecule has 0 amide bonds. The maximum atomic E-state index is 12.3. The van der Waals surface area contributed by atoms with Crippen LogP contribution in [-0.4, -0.2) is 42.8 Å². The van der Waals surface area contributed by atoms with Crippen molar-refractivity contribution < 1.29 is 18.1 Å². The summed E-state index contributed by atoms with van der Waals surface area (Å²) in [5, 5.41) is 0. The van der Waals surface area contributed by atoms with E-state index in [2.05, 4.69) is 16.0 Å². The van der Waals surface area contributed by atoms with E-state index in [1.54, 1.807) is 20.0 Å². The highest BCUT2D eigenvalue weighted by molar-refractivity contribution is 7.48. The molecule has 0 spiro atoms. The van der Waals surface area contributed by atoms with Crippen LogP contribution in [0.4, 0.5) is 0 Å². The number of likely N-dealkylation sites (tertiary alicyclic amines) is 1. The monoisotopic (exact) mass is 342 g/mol. The second kappa shape index (κ2) is 9.50. The Morgan fingerprint density at radius 2 is 2.04 bits per heavy atom. The molecule has 1 aliphatic rings. The molecule has 0 N–H and O–H groups in total. The van der Waals surface area contributed by atoms with E-state index in [-0.39, 0.29) is 0 Å². The van der Waals surface area contributed by atoms with E-state index in [0.29, 0.717) is 32.4 Å². The van der Waals surface area contributed by atoms with Gasteiger partial charge in [-0.15, -0.1) is 0 Å². The van der Waals surface area contributed by atoms with Gasteiger partial charge in [-0.05, 0) is 44.9 Å². The molecule has 6 nitrogen and oxygen atoms in total. The third kappa shape index (κ3) is 5.66. The van der Waals surface area contributed by atoms with Crippen molar-refractivity contribution in [3.05, 3.63) is 30.1 Å². The van der Waals surface area contributed by atoms with Crippen molar-refractivity contribution in [2.45, 2.75) is 39.2 Å². The second-order valence-electron chi connectivity index (χ2n) is 5.45. The highest BCUT2D eigenvalue weighted by Gasteiger charge is 2.28. The molecule has 2 heterocycles. The van der Waals surface area contributed by atoms with Gasteiger partial charge in [0, 0.05) is 25.0 Å². The van der Waals surface area contributed by atoms with Gasteiger partial charge in [0.05, 0.1) is 19.8 Å². The highest BCUT2D eigenvalue weighted by atomic mass is 31.2. The van der Waals surface area contributed by atoms with Gasteiger partial charge in [0.25, 0.3) is 0 Å². The lowest BCUT2D eigenvalue weighted by Gasteiger charge is -2.35. The number of phosphoric acid groups is 1. The Labute approximate surface area is 138 Å². The summed E-state index contributed by atoms with van der Waals surface area (Å²) in [5.74, 6) is 0. The lowest BCUT2D eigenvalue weighted by Crippen LogP contribution is -2.35. The number of phosphoric ester groups is 1. The van der Waals surface area contributed by atoms with Gasteiger partial charge in [0.15, 0.2) is 0 Å². The summed E-state index contributed by atoms with van der Waals surface area (Å²) in [4.78, 5) is 6.58. The van der Waals surface area contributed by atoms with E-state index >= 15 is 0 Å². The van der Waals surface area contributed by atoms with Crippen molar-refractivity contribution in [2.75, 3.05) is 32.9 Å². The molecule has 1 fully saturated rings. The van der Waals surface area contributed by atoms with Gasteiger partial charge in [-0.1, -0.05) is 12.5 Å². The van der Waals surface area contributed by atoms with Gasteiger partial charge >= 0.3 is 7.82 Å². The fourth-order valence-corrected chi connectivity index (χ4v) is 4.07. The predicted molar refractivity (Wildman–Crippen MR) is 89.2 cm³/mol. The molecule has 0 bridgehead atoms. The number of rotatable bonds is 9. The lowest BCUT2D eigenvalue weighted by atomic mass is 9.96. The fraction of sp³-hybridized carbons (Fsp3) is 0.688. The maximum Gasteiger partial charge on any atom is 0.474 e. The summed E-state index contributed by atoms with van der Waals surface area (Å²) in [5.41, 5.74) is 1.23. The van der Waals surface area contributed by atoms with Gasteiger partial charge < -0.3 is 0 Å². The molecule has 0 aromatic carbocycles. The minimum atomic E-state index is -3.42. The fourth-order valence-electron chi connectivity index (χ4n) is 2.91. The van der Waals surface area contributed by atoms with Crippen LogP contribution in [0.15, 0.2) is 24.5 Å². The molecular weight excluding hydrogens is 315 g/mol. The van der Waals surface area contributed by atoms with Crippen LogP contribution in [0.3, 0.4) is 0 Å². The Hall–Kier alpha value is -0.780. The minimum absolute atomic E-state index is 0.305. The molecule has 0 radical (unpaired) electrons. The first-order valence-electron chi connectivity index (χ1n) is 8.36. The largest absolute Gasteiger partial charge is 0.474 e. The Morgan fingerprint density at radius 3 is 2.70 bits per heavy atom. The van der Waals surface area contributed by atoms with Gasteiger partial charge in [-0.2, -0.15) is 0 Å².